The Balaban J connectivity index is 1.89. The van der Waals surface area contributed by atoms with E-state index in [9.17, 15) is 4.79 Å². The highest BCUT2D eigenvalue weighted by atomic mass is 16.4. The van der Waals surface area contributed by atoms with E-state index in [2.05, 4.69) is 34.7 Å². The summed E-state index contributed by atoms with van der Waals surface area (Å²) in [6.45, 7) is 2.70. The summed E-state index contributed by atoms with van der Waals surface area (Å²) < 4.78 is 1.70. The van der Waals surface area contributed by atoms with Gasteiger partial charge in [0.15, 0.2) is 0 Å². The van der Waals surface area contributed by atoms with E-state index in [0.29, 0.717) is 12.4 Å². The third-order valence-corrected chi connectivity index (χ3v) is 3.22. The molecular weight excluding hydrogens is 230 g/mol. The standard InChI is InChI=1S/C13H13N3O2/c1-8-2-4-9(5-3-8)11-7-16-12(15-11)10(6-14-16)13(17)18/h2-6,11,15H,7H2,1H3,(H,17,18)/t11-/m1/s1. The molecule has 0 unspecified atom stereocenters. The Morgan fingerprint density at radius 1 is 1.44 bits per heavy atom. The van der Waals surface area contributed by atoms with Crippen molar-refractivity contribution in [2.45, 2.75) is 19.5 Å². The third-order valence-electron chi connectivity index (χ3n) is 3.22. The monoisotopic (exact) mass is 243 g/mol. The lowest BCUT2D eigenvalue weighted by Gasteiger charge is -2.11. The first-order valence-electron chi connectivity index (χ1n) is 5.77. The molecule has 0 amide bonds. The number of nitrogens with one attached hydrogen (secondary N) is 1. The fraction of sp³-hybridized carbons (Fsp3) is 0.231. The van der Waals surface area contributed by atoms with Crippen molar-refractivity contribution in [2.24, 2.45) is 0 Å². The lowest BCUT2D eigenvalue weighted by molar-refractivity contribution is 0.0698. The summed E-state index contributed by atoms with van der Waals surface area (Å²) in [5, 5.41) is 16.3. The molecule has 2 N–H and O–H groups in total. The van der Waals surface area contributed by atoms with Gasteiger partial charge in [0.2, 0.25) is 0 Å². The molecule has 5 nitrogen and oxygen atoms in total. The highest BCUT2D eigenvalue weighted by Gasteiger charge is 2.27. The molecule has 5 heteroatoms. The zero-order valence-electron chi connectivity index (χ0n) is 9.92. The molecule has 1 atom stereocenters. The number of carboxylic acids is 1. The smallest absolute Gasteiger partial charge is 0.341 e. The van der Waals surface area contributed by atoms with E-state index in [1.165, 1.54) is 11.8 Å². The van der Waals surface area contributed by atoms with Crippen LogP contribution >= 0.6 is 0 Å². The molecule has 0 aliphatic carbocycles. The maximum Gasteiger partial charge on any atom is 0.341 e. The average molecular weight is 243 g/mol. The first-order chi connectivity index (χ1) is 8.65. The molecule has 0 fully saturated rings. The summed E-state index contributed by atoms with van der Waals surface area (Å²) in [4.78, 5) is 11.0. The van der Waals surface area contributed by atoms with E-state index >= 15 is 0 Å². The summed E-state index contributed by atoms with van der Waals surface area (Å²) in [5.41, 5.74) is 2.58. The van der Waals surface area contributed by atoms with Gasteiger partial charge in [-0.05, 0) is 12.5 Å². The highest BCUT2D eigenvalue weighted by molar-refractivity contribution is 5.93. The largest absolute Gasteiger partial charge is 0.477 e. The maximum atomic E-state index is 11.0. The van der Waals surface area contributed by atoms with Crippen LogP contribution in [-0.4, -0.2) is 20.9 Å². The molecule has 18 heavy (non-hydrogen) atoms. The van der Waals surface area contributed by atoms with E-state index in [-0.39, 0.29) is 11.6 Å². The Labute approximate surface area is 104 Å². The Morgan fingerprint density at radius 2 is 2.17 bits per heavy atom. The van der Waals surface area contributed by atoms with Crippen molar-refractivity contribution in [3.8, 4) is 0 Å². The number of anilines is 1. The molecule has 1 aromatic carbocycles. The summed E-state index contributed by atoms with van der Waals surface area (Å²) in [6.07, 6.45) is 1.38. The first kappa shape index (κ1) is 10.8. The minimum absolute atomic E-state index is 0.0902. The van der Waals surface area contributed by atoms with E-state index in [1.807, 2.05) is 6.92 Å². The molecule has 92 valence electrons. The van der Waals surface area contributed by atoms with Crippen LogP contribution in [0.5, 0.6) is 0 Å². The molecular formula is C13H13N3O2. The zero-order valence-corrected chi connectivity index (χ0v) is 9.92. The van der Waals surface area contributed by atoms with E-state index in [1.54, 1.807) is 4.68 Å². The molecule has 0 bridgehead atoms. The minimum atomic E-state index is -0.951. The van der Waals surface area contributed by atoms with Crippen LogP contribution in [0.2, 0.25) is 0 Å². The SMILES string of the molecule is Cc1ccc([C@H]2Cn3ncc(C(=O)O)c3N2)cc1. The number of hydrogen-bond donors (Lipinski definition) is 2. The molecule has 0 radical (unpaired) electrons. The topological polar surface area (TPSA) is 67.2 Å². The number of carbonyl (C=O) groups is 1. The highest BCUT2D eigenvalue weighted by Crippen LogP contribution is 2.31. The van der Waals surface area contributed by atoms with E-state index in [0.717, 1.165) is 5.56 Å². The van der Waals surface area contributed by atoms with Crippen LogP contribution in [0.4, 0.5) is 5.82 Å². The molecule has 1 aromatic heterocycles. The van der Waals surface area contributed by atoms with Crippen LogP contribution in [-0.2, 0) is 6.54 Å². The van der Waals surface area contributed by atoms with Gasteiger partial charge < -0.3 is 10.4 Å². The molecule has 1 aliphatic heterocycles. The first-order valence-corrected chi connectivity index (χ1v) is 5.77. The molecule has 0 saturated carbocycles. The zero-order chi connectivity index (χ0) is 12.7. The van der Waals surface area contributed by atoms with Gasteiger partial charge >= 0.3 is 5.97 Å². The van der Waals surface area contributed by atoms with Crippen LogP contribution in [0.3, 0.4) is 0 Å². The number of aromatic carboxylic acids is 1. The van der Waals surface area contributed by atoms with Crippen molar-refractivity contribution in [3.63, 3.8) is 0 Å². The number of aromatic nitrogens is 2. The van der Waals surface area contributed by atoms with E-state index < -0.39 is 5.97 Å². The third kappa shape index (κ3) is 1.64. The van der Waals surface area contributed by atoms with Crippen LogP contribution in [0, 0.1) is 6.92 Å². The van der Waals surface area contributed by atoms with Crippen LogP contribution in [0.15, 0.2) is 30.5 Å². The van der Waals surface area contributed by atoms with Gasteiger partial charge in [-0.2, -0.15) is 5.10 Å². The molecule has 0 saturated heterocycles. The predicted molar refractivity (Wildman–Crippen MR) is 66.7 cm³/mol. The molecule has 2 aromatic rings. The number of carboxylic acid groups (broad SMARTS) is 1. The minimum Gasteiger partial charge on any atom is -0.477 e. The van der Waals surface area contributed by atoms with Crippen LogP contribution in [0.1, 0.15) is 27.5 Å². The van der Waals surface area contributed by atoms with Crippen molar-refractivity contribution in [1.82, 2.24) is 9.78 Å². The normalized spacial score (nSPS) is 17.3. The summed E-state index contributed by atoms with van der Waals surface area (Å²) >= 11 is 0. The van der Waals surface area contributed by atoms with Crippen molar-refractivity contribution in [3.05, 3.63) is 47.2 Å². The maximum absolute atomic E-state index is 11.0. The quantitative estimate of drug-likeness (QED) is 0.847. The van der Waals surface area contributed by atoms with Gasteiger partial charge in [0.25, 0.3) is 0 Å². The van der Waals surface area contributed by atoms with Gasteiger partial charge in [-0.3, -0.25) is 0 Å². The lowest BCUT2D eigenvalue weighted by atomic mass is 10.1. The number of benzene rings is 1. The van der Waals surface area contributed by atoms with Gasteiger partial charge in [-0.1, -0.05) is 29.8 Å². The van der Waals surface area contributed by atoms with Crippen LogP contribution < -0.4 is 5.32 Å². The van der Waals surface area contributed by atoms with Gasteiger partial charge in [-0.15, -0.1) is 0 Å². The number of hydrogen-bond acceptors (Lipinski definition) is 3. The van der Waals surface area contributed by atoms with Gasteiger partial charge in [0.1, 0.15) is 11.4 Å². The Bertz CT molecular complexity index is 601. The molecule has 2 heterocycles. The number of aryl methyl sites for hydroxylation is 1. The average Bonchev–Trinajstić information content (AvgIpc) is 2.88. The molecule has 3 rings (SSSR count). The van der Waals surface area contributed by atoms with Gasteiger partial charge in [0.05, 0.1) is 18.8 Å². The Hall–Kier alpha value is -2.30. The van der Waals surface area contributed by atoms with E-state index in [4.69, 9.17) is 5.11 Å². The predicted octanol–water partition coefficient (Wildman–Crippen LogP) is 2.06. The lowest BCUT2D eigenvalue weighted by Crippen LogP contribution is -2.08. The molecule has 1 aliphatic rings. The van der Waals surface area contributed by atoms with Gasteiger partial charge in [0, 0.05) is 0 Å². The van der Waals surface area contributed by atoms with Crippen LogP contribution in [0.25, 0.3) is 0 Å². The Kier molecular flexibility index (Phi) is 2.33. The summed E-state index contributed by atoms with van der Waals surface area (Å²) in [7, 11) is 0. The van der Waals surface area contributed by atoms with Crippen molar-refractivity contribution in [1.29, 1.82) is 0 Å². The number of nitrogens with zero attached hydrogens (tertiary/aromatic N) is 2. The van der Waals surface area contributed by atoms with Gasteiger partial charge in [-0.25, -0.2) is 9.48 Å². The van der Waals surface area contributed by atoms with Crippen molar-refractivity contribution >= 4 is 11.8 Å². The summed E-state index contributed by atoms with van der Waals surface area (Å²) in [5.74, 6) is -0.360. The fourth-order valence-electron chi connectivity index (χ4n) is 2.20. The second-order valence-corrected chi connectivity index (χ2v) is 4.50. The second kappa shape index (κ2) is 3.87. The Morgan fingerprint density at radius 3 is 2.83 bits per heavy atom. The number of fused-ring (bicyclic) bond motifs is 1. The van der Waals surface area contributed by atoms with Crippen molar-refractivity contribution < 1.29 is 9.90 Å². The second-order valence-electron chi connectivity index (χ2n) is 4.50. The fourth-order valence-corrected chi connectivity index (χ4v) is 2.20. The molecule has 0 spiro atoms. The van der Waals surface area contributed by atoms with Crippen molar-refractivity contribution in [2.75, 3.05) is 5.32 Å². The number of rotatable bonds is 2. The summed E-state index contributed by atoms with van der Waals surface area (Å²) in [6, 6.07) is 8.30.